The minimum Gasteiger partial charge on any atom is -0.484 e. The average Bonchev–Trinajstić information content (AvgIpc) is 3.53. The third-order valence-electron chi connectivity index (χ3n) is 6.71. The van der Waals surface area contributed by atoms with E-state index in [0.717, 1.165) is 59.9 Å². The second-order valence-electron chi connectivity index (χ2n) is 8.92. The number of ether oxygens (including phenoxy) is 1. The second kappa shape index (κ2) is 8.72. The molecule has 2 heterocycles. The molecule has 2 aromatic heterocycles. The fourth-order valence-corrected chi connectivity index (χ4v) is 5.75. The summed E-state index contributed by atoms with van der Waals surface area (Å²) in [5.41, 5.74) is 6.89. The summed E-state index contributed by atoms with van der Waals surface area (Å²) in [6, 6.07) is 11.9. The van der Waals surface area contributed by atoms with Crippen molar-refractivity contribution in [3.05, 3.63) is 74.5 Å². The van der Waals surface area contributed by atoms with E-state index in [9.17, 15) is 9.59 Å². The SMILES string of the molecule is O=C(COc1ccc2c3c(c(=O)oc2c1)CCC3)Nc1nc(-c2ccc3c(c2)CCCC3)cs1. The smallest absolute Gasteiger partial charge is 0.339 e. The van der Waals surface area contributed by atoms with E-state index >= 15 is 0 Å². The van der Waals surface area contributed by atoms with Crippen molar-refractivity contribution in [1.82, 2.24) is 4.98 Å². The van der Waals surface area contributed by atoms with Gasteiger partial charge in [-0.15, -0.1) is 11.3 Å². The molecule has 0 spiro atoms. The number of carbonyl (C=O) groups is 1. The summed E-state index contributed by atoms with van der Waals surface area (Å²) in [5, 5.41) is 6.27. The first-order valence-electron chi connectivity index (χ1n) is 11.7. The summed E-state index contributed by atoms with van der Waals surface area (Å²) in [6.07, 6.45) is 7.41. The second-order valence-corrected chi connectivity index (χ2v) is 9.78. The van der Waals surface area contributed by atoms with E-state index < -0.39 is 0 Å². The highest BCUT2D eigenvalue weighted by atomic mass is 32.1. The van der Waals surface area contributed by atoms with Gasteiger partial charge in [-0.3, -0.25) is 10.1 Å². The molecule has 0 unspecified atom stereocenters. The molecule has 0 aliphatic heterocycles. The first-order valence-corrected chi connectivity index (χ1v) is 12.6. The summed E-state index contributed by atoms with van der Waals surface area (Å²) >= 11 is 1.40. The van der Waals surface area contributed by atoms with Gasteiger partial charge in [0.1, 0.15) is 11.3 Å². The summed E-state index contributed by atoms with van der Waals surface area (Å²) in [4.78, 5) is 29.2. The Morgan fingerprint density at radius 2 is 1.85 bits per heavy atom. The Kier molecular flexibility index (Phi) is 5.41. The van der Waals surface area contributed by atoms with Crippen LogP contribution in [0, 0.1) is 0 Å². The van der Waals surface area contributed by atoms with Crippen LogP contribution in [-0.4, -0.2) is 17.5 Å². The minimum atomic E-state index is -0.290. The molecular formula is C27H24N2O4S. The summed E-state index contributed by atoms with van der Waals surface area (Å²) in [5.74, 6) is 0.194. The van der Waals surface area contributed by atoms with Crippen LogP contribution in [0.5, 0.6) is 5.75 Å². The molecule has 0 saturated carbocycles. The quantitative estimate of drug-likeness (QED) is 0.399. The number of nitrogens with zero attached hydrogens (tertiary/aromatic N) is 1. The number of carbonyl (C=O) groups excluding carboxylic acids is 1. The van der Waals surface area contributed by atoms with Gasteiger partial charge in [-0.1, -0.05) is 12.1 Å². The summed E-state index contributed by atoms with van der Waals surface area (Å²) in [6.45, 7) is -0.158. The molecule has 0 radical (unpaired) electrons. The highest BCUT2D eigenvalue weighted by molar-refractivity contribution is 7.14. The Morgan fingerprint density at radius 1 is 1.00 bits per heavy atom. The van der Waals surface area contributed by atoms with E-state index in [1.54, 1.807) is 6.07 Å². The van der Waals surface area contributed by atoms with Crippen molar-refractivity contribution in [1.29, 1.82) is 0 Å². The van der Waals surface area contributed by atoms with Crippen molar-refractivity contribution in [2.75, 3.05) is 11.9 Å². The zero-order valence-electron chi connectivity index (χ0n) is 18.7. The average molecular weight is 473 g/mol. The minimum absolute atomic E-state index is 0.158. The number of amides is 1. The normalized spacial score (nSPS) is 14.6. The van der Waals surface area contributed by atoms with Gasteiger partial charge in [-0.2, -0.15) is 0 Å². The van der Waals surface area contributed by atoms with Gasteiger partial charge in [-0.05, 0) is 79.8 Å². The highest BCUT2D eigenvalue weighted by Crippen LogP contribution is 2.31. The number of benzene rings is 2. The van der Waals surface area contributed by atoms with Crippen LogP contribution in [-0.2, 0) is 30.5 Å². The number of nitrogens with one attached hydrogen (secondary N) is 1. The Balaban J connectivity index is 1.11. The molecule has 0 fully saturated rings. The largest absolute Gasteiger partial charge is 0.484 e. The molecule has 6 rings (SSSR count). The summed E-state index contributed by atoms with van der Waals surface area (Å²) < 4.78 is 11.1. The van der Waals surface area contributed by atoms with Crippen molar-refractivity contribution in [3.8, 4) is 17.0 Å². The number of thiazole rings is 1. The Hall–Kier alpha value is -3.45. The number of fused-ring (bicyclic) bond motifs is 4. The van der Waals surface area contributed by atoms with E-state index in [0.29, 0.717) is 16.5 Å². The van der Waals surface area contributed by atoms with Crippen LogP contribution in [0.15, 0.2) is 51.0 Å². The first-order chi connectivity index (χ1) is 16.6. The van der Waals surface area contributed by atoms with Crippen LogP contribution in [0.2, 0.25) is 0 Å². The van der Waals surface area contributed by atoms with Gasteiger partial charge in [0.25, 0.3) is 5.91 Å². The third-order valence-corrected chi connectivity index (χ3v) is 7.47. The molecule has 0 bridgehead atoms. The van der Waals surface area contributed by atoms with Crippen LogP contribution < -0.4 is 15.7 Å². The molecule has 2 aliphatic carbocycles. The van der Waals surface area contributed by atoms with Gasteiger partial charge in [0.15, 0.2) is 11.7 Å². The molecule has 4 aromatic rings. The molecule has 7 heteroatoms. The fourth-order valence-electron chi connectivity index (χ4n) is 5.01. The number of aryl methyl sites for hydroxylation is 3. The van der Waals surface area contributed by atoms with Crippen molar-refractivity contribution in [2.45, 2.75) is 44.9 Å². The maximum Gasteiger partial charge on any atom is 0.339 e. The predicted molar refractivity (Wildman–Crippen MR) is 133 cm³/mol. The number of hydrogen-bond acceptors (Lipinski definition) is 6. The van der Waals surface area contributed by atoms with E-state index in [2.05, 4.69) is 28.5 Å². The first kappa shape index (κ1) is 21.1. The van der Waals surface area contributed by atoms with E-state index in [1.807, 2.05) is 17.5 Å². The van der Waals surface area contributed by atoms with Crippen LogP contribution in [0.3, 0.4) is 0 Å². The van der Waals surface area contributed by atoms with Gasteiger partial charge >= 0.3 is 5.63 Å². The molecule has 34 heavy (non-hydrogen) atoms. The maximum atomic E-state index is 12.5. The lowest BCUT2D eigenvalue weighted by molar-refractivity contribution is -0.118. The Bertz CT molecular complexity index is 1470. The molecule has 0 saturated heterocycles. The monoisotopic (exact) mass is 472 g/mol. The van der Waals surface area contributed by atoms with Crippen LogP contribution >= 0.6 is 11.3 Å². The molecular weight excluding hydrogens is 448 g/mol. The maximum absolute atomic E-state index is 12.5. The number of aromatic nitrogens is 1. The van der Waals surface area contributed by atoms with E-state index in [1.165, 1.54) is 35.3 Å². The molecule has 6 nitrogen and oxygen atoms in total. The van der Waals surface area contributed by atoms with Crippen molar-refractivity contribution >= 4 is 33.3 Å². The van der Waals surface area contributed by atoms with Crippen molar-refractivity contribution in [2.24, 2.45) is 0 Å². The number of anilines is 1. The van der Waals surface area contributed by atoms with E-state index in [4.69, 9.17) is 9.15 Å². The zero-order valence-corrected chi connectivity index (χ0v) is 19.5. The zero-order chi connectivity index (χ0) is 23.1. The van der Waals surface area contributed by atoms with Crippen molar-refractivity contribution in [3.63, 3.8) is 0 Å². The standard InChI is InChI=1S/C27H24N2O4S/c30-25(14-32-19-10-11-21-20-6-3-7-22(20)26(31)33-24(21)13-19)29-27-28-23(15-34-27)18-9-8-16-4-1-2-5-17(16)12-18/h8-13,15H,1-7,14H2,(H,28,29,30). The van der Waals surface area contributed by atoms with Gasteiger partial charge in [0.05, 0.1) is 5.69 Å². The Labute approximate surface area is 200 Å². The molecule has 0 atom stereocenters. The third kappa shape index (κ3) is 4.01. The van der Waals surface area contributed by atoms with Crippen LogP contribution in [0.25, 0.3) is 22.2 Å². The molecule has 2 aromatic carbocycles. The lowest BCUT2D eigenvalue weighted by Crippen LogP contribution is -2.20. The fraction of sp³-hybridized carbons (Fsp3) is 0.296. The topological polar surface area (TPSA) is 81.4 Å². The van der Waals surface area contributed by atoms with Gasteiger partial charge < -0.3 is 9.15 Å². The van der Waals surface area contributed by atoms with Gasteiger partial charge in [-0.25, -0.2) is 9.78 Å². The Morgan fingerprint density at radius 3 is 2.76 bits per heavy atom. The summed E-state index contributed by atoms with van der Waals surface area (Å²) in [7, 11) is 0. The molecule has 2 aliphatic rings. The lowest BCUT2D eigenvalue weighted by atomic mass is 9.90. The predicted octanol–water partition coefficient (Wildman–Crippen LogP) is 5.30. The number of hydrogen-bond donors (Lipinski definition) is 1. The lowest BCUT2D eigenvalue weighted by Gasteiger charge is -2.16. The van der Waals surface area contributed by atoms with Gasteiger partial charge in [0, 0.05) is 28.0 Å². The van der Waals surface area contributed by atoms with Gasteiger partial charge in [0.2, 0.25) is 0 Å². The van der Waals surface area contributed by atoms with Crippen LogP contribution in [0.1, 0.15) is 41.5 Å². The molecule has 172 valence electrons. The highest BCUT2D eigenvalue weighted by Gasteiger charge is 2.20. The van der Waals surface area contributed by atoms with Crippen LogP contribution in [0.4, 0.5) is 5.13 Å². The molecule has 1 amide bonds. The van der Waals surface area contributed by atoms with Crippen molar-refractivity contribution < 1.29 is 13.9 Å². The number of rotatable bonds is 5. The van der Waals surface area contributed by atoms with E-state index in [-0.39, 0.29) is 18.1 Å². The molecule has 1 N–H and O–H groups in total.